The summed E-state index contributed by atoms with van der Waals surface area (Å²) < 4.78 is 0. The third-order valence-corrected chi connectivity index (χ3v) is 5.25. The van der Waals surface area contributed by atoms with Gasteiger partial charge in [0, 0.05) is 13.1 Å². The minimum atomic E-state index is 0.377. The lowest BCUT2D eigenvalue weighted by Gasteiger charge is -2.31. The van der Waals surface area contributed by atoms with Gasteiger partial charge in [-0.3, -0.25) is 4.90 Å². The Kier molecular flexibility index (Phi) is 12.1. The Bertz CT molecular complexity index is 437. The molecule has 0 rings (SSSR count). The third kappa shape index (κ3) is 18.0. The fourth-order valence-corrected chi connectivity index (χ4v) is 4.91. The predicted octanol–water partition coefficient (Wildman–Crippen LogP) is 8.91. The Morgan fingerprint density at radius 3 is 1.28 bits per heavy atom. The number of allylic oxidation sites excluding steroid dienone is 2. The molecule has 29 heavy (non-hydrogen) atoms. The van der Waals surface area contributed by atoms with Gasteiger partial charge in [0.15, 0.2) is 0 Å². The van der Waals surface area contributed by atoms with Crippen molar-refractivity contribution < 1.29 is 0 Å². The molecule has 0 aromatic carbocycles. The van der Waals surface area contributed by atoms with Gasteiger partial charge in [-0.25, -0.2) is 0 Å². The number of nitrogens with zero attached hydrogens (tertiary/aromatic N) is 1. The summed E-state index contributed by atoms with van der Waals surface area (Å²) in [6.07, 6.45) is 17.0. The maximum atomic E-state index is 2.59. The van der Waals surface area contributed by atoms with Crippen molar-refractivity contribution in [1.29, 1.82) is 0 Å². The van der Waals surface area contributed by atoms with Gasteiger partial charge in [0.05, 0.1) is 0 Å². The molecular weight excluding hydrogens is 350 g/mol. The molecule has 0 saturated carbocycles. The molecule has 0 atom stereocenters. The topological polar surface area (TPSA) is 3.24 Å². The van der Waals surface area contributed by atoms with E-state index in [0.717, 1.165) is 13.1 Å². The van der Waals surface area contributed by atoms with Crippen molar-refractivity contribution in [1.82, 2.24) is 4.90 Å². The van der Waals surface area contributed by atoms with Crippen molar-refractivity contribution in [3.8, 4) is 0 Å². The molecule has 0 unspecified atom stereocenters. The molecular formula is C28H55N. The molecule has 0 heterocycles. The zero-order valence-corrected chi connectivity index (χ0v) is 22.1. The highest BCUT2D eigenvalue weighted by Gasteiger charge is 2.25. The maximum absolute atomic E-state index is 2.59. The first kappa shape index (κ1) is 28.4. The lowest BCUT2D eigenvalue weighted by atomic mass is 9.74. The van der Waals surface area contributed by atoms with Crippen molar-refractivity contribution in [3.05, 3.63) is 24.3 Å². The van der Waals surface area contributed by atoms with Crippen molar-refractivity contribution in [2.75, 3.05) is 19.6 Å². The molecule has 0 fully saturated rings. The quantitative estimate of drug-likeness (QED) is 0.276. The normalized spacial score (nSPS) is 14.6. The van der Waals surface area contributed by atoms with E-state index in [0.29, 0.717) is 21.7 Å². The Morgan fingerprint density at radius 2 is 0.966 bits per heavy atom. The minimum absolute atomic E-state index is 0.377. The van der Waals surface area contributed by atoms with Crippen LogP contribution in [0.4, 0.5) is 0 Å². The van der Waals surface area contributed by atoms with Crippen LogP contribution in [0.2, 0.25) is 0 Å². The lowest BCUT2D eigenvalue weighted by molar-refractivity contribution is 0.214. The van der Waals surface area contributed by atoms with Crippen molar-refractivity contribution in [2.45, 2.75) is 115 Å². The number of unbranched alkanes of at least 4 members (excludes halogenated alkanes) is 1. The summed E-state index contributed by atoms with van der Waals surface area (Å²) in [5, 5.41) is 0. The second-order valence-corrected chi connectivity index (χ2v) is 13.3. The summed E-state index contributed by atoms with van der Waals surface area (Å²) >= 11 is 0. The van der Waals surface area contributed by atoms with Crippen LogP contribution in [0.1, 0.15) is 115 Å². The largest absolute Gasteiger partial charge is 0.296 e. The van der Waals surface area contributed by atoms with E-state index in [4.69, 9.17) is 0 Å². The van der Waals surface area contributed by atoms with E-state index in [1.807, 2.05) is 0 Å². The Labute approximate surface area is 185 Å². The van der Waals surface area contributed by atoms with E-state index < -0.39 is 0 Å². The molecule has 0 aliphatic carbocycles. The van der Waals surface area contributed by atoms with Crippen LogP contribution < -0.4 is 0 Å². The first-order valence-electron chi connectivity index (χ1n) is 12.1. The van der Waals surface area contributed by atoms with E-state index in [1.165, 1.54) is 45.1 Å². The van der Waals surface area contributed by atoms with Gasteiger partial charge in [-0.15, -0.1) is 0 Å². The van der Waals surface area contributed by atoms with Gasteiger partial charge in [0.1, 0.15) is 0 Å². The summed E-state index contributed by atoms with van der Waals surface area (Å²) in [5.41, 5.74) is 1.55. The zero-order chi connectivity index (χ0) is 22.8. The van der Waals surface area contributed by atoms with Gasteiger partial charge in [-0.05, 0) is 60.3 Å². The average Bonchev–Trinajstić information content (AvgIpc) is 2.47. The third-order valence-electron chi connectivity index (χ3n) is 5.25. The fraction of sp³-hybridized carbons (Fsp3) is 0.857. The van der Waals surface area contributed by atoms with Gasteiger partial charge in [-0.2, -0.15) is 0 Å². The van der Waals surface area contributed by atoms with E-state index in [-0.39, 0.29) is 0 Å². The first-order chi connectivity index (χ1) is 13.1. The van der Waals surface area contributed by atoms with E-state index in [2.05, 4.69) is 105 Å². The fourth-order valence-electron chi connectivity index (χ4n) is 4.91. The summed E-state index contributed by atoms with van der Waals surface area (Å²) in [4.78, 5) is 2.59. The zero-order valence-electron chi connectivity index (χ0n) is 22.1. The van der Waals surface area contributed by atoms with Crippen LogP contribution in [0.5, 0.6) is 0 Å². The Balaban J connectivity index is 4.59. The second-order valence-electron chi connectivity index (χ2n) is 13.3. The molecule has 0 aliphatic heterocycles. The van der Waals surface area contributed by atoms with Gasteiger partial charge in [0.25, 0.3) is 0 Å². The van der Waals surface area contributed by atoms with Gasteiger partial charge < -0.3 is 0 Å². The number of hydrogen-bond acceptors (Lipinski definition) is 1. The second kappa shape index (κ2) is 12.3. The van der Waals surface area contributed by atoms with Crippen LogP contribution in [-0.2, 0) is 0 Å². The van der Waals surface area contributed by atoms with Gasteiger partial charge in [-0.1, -0.05) is 107 Å². The van der Waals surface area contributed by atoms with Crippen LogP contribution in [0.15, 0.2) is 24.3 Å². The van der Waals surface area contributed by atoms with Crippen LogP contribution in [-0.4, -0.2) is 24.5 Å². The van der Waals surface area contributed by atoms with Crippen LogP contribution in [0.25, 0.3) is 0 Å². The smallest absolute Gasteiger partial charge is 0.0166 e. The molecule has 0 saturated heterocycles. The van der Waals surface area contributed by atoms with Crippen molar-refractivity contribution in [2.24, 2.45) is 21.7 Å². The molecule has 0 spiro atoms. The molecule has 1 nitrogen and oxygen atoms in total. The van der Waals surface area contributed by atoms with Crippen molar-refractivity contribution in [3.63, 3.8) is 0 Å². The summed E-state index contributed by atoms with van der Waals surface area (Å²) in [7, 11) is 0. The molecule has 0 aromatic rings. The standard InChI is InChI=1S/C28H55N/c1-12-13-20-29(21-16-14-18-27(8,9)23-25(2,3)4)22-17-15-19-28(10,11)24-26(5,6)7/h14-17H,12-13,18-24H2,1-11H3. The molecule has 0 amide bonds. The van der Waals surface area contributed by atoms with Gasteiger partial charge in [0.2, 0.25) is 0 Å². The highest BCUT2D eigenvalue weighted by Crippen LogP contribution is 2.36. The maximum Gasteiger partial charge on any atom is 0.0166 e. The number of rotatable bonds is 13. The van der Waals surface area contributed by atoms with Gasteiger partial charge >= 0.3 is 0 Å². The molecule has 1 heteroatoms. The Hall–Kier alpha value is -0.560. The predicted molar refractivity (Wildman–Crippen MR) is 135 cm³/mol. The van der Waals surface area contributed by atoms with Crippen LogP contribution in [0, 0.1) is 21.7 Å². The van der Waals surface area contributed by atoms with Crippen molar-refractivity contribution >= 4 is 0 Å². The lowest BCUT2D eigenvalue weighted by Crippen LogP contribution is -2.25. The minimum Gasteiger partial charge on any atom is -0.296 e. The SMILES string of the molecule is CCCCN(CC=CCC(C)(C)CC(C)(C)C)CC=CCC(C)(C)CC(C)(C)C. The Morgan fingerprint density at radius 1 is 0.586 bits per heavy atom. The van der Waals surface area contributed by atoms with E-state index >= 15 is 0 Å². The van der Waals surface area contributed by atoms with Crippen LogP contribution >= 0.6 is 0 Å². The van der Waals surface area contributed by atoms with E-state index in [1.54, 1.807) is 0 Å². The molecule has 0 aromatic heterocycles. The molecule has 0 aliphatic rings. The summed E-state index contributed by atoms with van der Waals surface area (Å²) in [5.74, 6) is 0. The monoisotopic (exact) mass is 405 g/mol. The first-order valence-corrected chi connectivity index (χ1v) is 12.1. The van der Waals surface area contributed by atoms with Crippen LogP contribution in [0.3, 0.4) is 0 Å². The summed E-state index contributed by atoms with van der Waals surface area (Å²) in [6, 6.07) is 0. The highest BCUT2D eigenvalue weighted by atomic mass is 15.1. The molecule has 0 bridgehead atoms. The molecule has 0 N–H and O–H groups in total. The summed E-state index contributed by atoms with van der Waals surface area (Å²) in [6.45, 7) is 29.3. The van der Waals surface area contributed by atoms with E-state index in [9.17, 15) is 0 Å². The number of hydrogen-bond donors (Lipinski definition) is 0. The average molecular weight is 406 g/mol. The molecule has 0 radical (unpaired) electrons. The highest BCUT2D eigenvalue weighted by molar-refractivity contribution is 4.94. The molecule has 172 valence electrons.